The molecule has 2 heterocycles. The zero-order valence-corrected chi connectivity index (χ0v) is 14.7. The van der Waals surface area contributed by atoms with Gasteiger partial charge in [-0.3, -0.25) is 4.79 Å². The van der Waals surface area contributed by atoms with E-state index >= 15 is 0 Å². The van der Waals surface area contributed by atoms with E-state index in [1.165, 1.54) is 0 Å². The van der Waals surface area contributed by atoms with Crippen LogP contribution in [-0.4, -0.2) is 56.2 Å². The van der Waals surface area contributed by atoms with E-state index in [0.29, 0.717) is 24.8 Å². The molecular formula is C17H25N7O. The third kappa shape index (κ3) is 3.63. The van der Waals surface area contributed by atoms with Crippen molar-refractivity contribution in [2.24, 2.45) is 11.7 Å². The van der Waals surface area contributed by atoms with Crippen molar-refractivity contribution in [3.05, 3.63) is 30.3 Å². The number of amides is 1. The molecule has 0 spiro atoms. The van der Waals surface area contributed by atoms with Crippen molar-refractivity contribution in [1.29, 1.82) is 0 Å². The second-order valence-electron chi connectivity index (χ2n) is 6.53. The minimum Gasteiger partial charge on any atom is -0.341 e. The molecule has 8 nitrogen and oxygen atoms in total. The fraction of sp³-hybridized carbons (Fsp3) is 0.529. The smallest absolute Gasteiger partial charge is 0.248 e. The maximum Gasteiger partial charge on any atom is 0.248 e. The maximum atomic E-state index is 13.0. The van der Waals surface area contributed by atoms with Crippen LogP contribution in [0.15, 0.2) is 30.3 Å². The summed E-state index contributed by atoms with van der Waals surface area (Å²) in [5.41, 5.74) is 6.62. The van der Waals surface area contributed by atoms with Gasteiger partial charge in [-0.05, 0) is 54.8 Å². The van der Waals surface area contributed by atoms with Gasteiger partial charge in [0.2, 0.25) is 11.9 Å². The van der Waals surface area contributed by atoms with Crippen molar-refractivity contribution in [2.75, 3.05) is 18.4 Å². The van der Waals surface area contributed by atoms with Gasteiger partial charge < -0.3 is 16.0 Å². The number of nitrogens with zero attached hydrogens (tertiary/aromatic N) is 5. The van der Waals surface area contributed by atoms with E-state index in [-0.39, 0.29) is 18.0 Å². The van der Waals surface area contributed by atoms with E-state index in [1.54, 1.807) is 4.68 Å². The second-order valence-corrected chi connectivity index (χ2v) is 6.53. The summed E-state index contributed by atoms with van der Waals surface area (Å²) in [5.74, 6) is 0.924. The molecule has 134 valence electrons. The van der Waals surface area contributed by atoms with Gasteiger partial charge in [-0.15, -0.1) is 0 Å². The summed E-state index contributed by atoms with van der Waals surface area (Å²) in [4.78, 5) is 14.9. The predicted molar refractivity (Wildman–Crippen MR) is 95.2 cm³/mol. The van der Waals surface area contributed by atoms with Gasteiger partial charge in [0.15, 0.2) is 0 Å². The number of benzene rings is 1. The maximum absolute atomic E-state index is 13.0. The Balaban J connectivity index is 1.75. The number of para-hydroxylation sites is 1. The van der Waals surface area contributed by atoms with Gasteiger partial charge >= 0.3 is 0 Å². The number of hydrogen-bond acceptors (Lipinski definition) is 6. The van der Waals surface area contributed by atoms with E-state index in [4.69, 9.17) is 5.73 Å². The fourth-order valence-electron chi connectivity index (χ4n) is 3.33. The van der Waals surface area contributed by atoms with Crippen LogP contribution in [0.2, 0.25) is 0 Å². The summed E-state index contributed by atoms with van der Waals surface area (Å²) in [6, 6.07) is 9.44. The van der Waals surface area contributed by atoms with Gasteiger partial charge in [0, 0.05) is 12.6 Å². The molecule has 3 unspecified atom stereocenters. The lowest BCUT2D eigenvalue weighted by molar-refractivity contribution is -0.132. The standard InChI is InChI=1S/C17H25N7O/c1-3-15(16(25)23-11-13(10-18)9-12(23)2)19-17-20-21-22-24(17)14-7-5-4-6-8-14/h4-8,12-13,15H,3,9-11,18H2,1-2H3,(H,19,20,22). The highest BCUT2D eigenvalue weighted by Gasteiger charge is 2.35. The average molecular weight is 343 g/mol. The van der Waals surface area contributed by atoms with Crippen molar-refractivity contribution in [3.63, 3.8) is 0 Å². The van der Waals surface area contributed by atoms with Gasteiger partial charge in [-0.2, -0.15) is 4.68 Å². The van der Waals surface area contributed by atoms with Crippen LogP contribution in [0.25, 0.3) is 5.69 Å². The number of tetrazole rings is 1. The first-order valence-electron chi connectivity index (χ1n) is 8.74. The van der Waals surface area contributed by atoms with E-state index in [9.17, 15) is 4.79 Å². The summed E-state index contributed by atoms with van der Waals surface area (Å²) in [6.07, 6.45) is 1.61. The third-order valence-corrected chi connectivity index (χ3v) is 4.76. The number of likely N-dealkylation sites (tertiary alicyclic amines) is 1. The molecule has 0 saturated carbocycles. The zero-order valence-electron chi connectivity index (χ0n) is 14.7. The van der Waals surface area contributed by atoms with Gasteiger partial charge in [-0.25, -0.2) is 0 Å². The Morgan fingerprint density at radius 3 is 2.80 bits per heavy atom. The lowest BCUT2D eigenvalue weighted by Gasteiger charge is -2.27. The summed E-state index contributed by atoms with van der Waals surface area (Å²) < 4.78 is 1.60. The predicted octanol–water partition coefficient (Wildman–Crippen LogP) is 1.05. The first-order valence-corrected chi connectivity index (χ1v) is 8.74. The largest absolute Gasteiger partial charge is 0.341 e. The summed E-state index contributed by atoms with van der Waals surface area (Å²) >= 11 is 0. The third-order valence-electron chi connectivity index (χ3n) is 4.76. The Kier molecular flexibility index (Phi) is 5.28. The molecule has 1 aliphatic rings. The monoisotopic (exact) mass is 343 g/mol. The second kappa shape index (κ2) is 7.60. The van der Waals surface area contributed by atoms with Gasteiger partial charge in [-0.1, -0.05) is 30.2 Å². The molecular weight excluding hydrogens is 318 g/mol. The Hall–Kier alpha value is -2.48. The molecule has 3 rings (SSSR count). The minimum atomic E-state index is -0.368. The van der Waals surface area contributed by atoms with Gasteiger partial charge in [0.05, 0.1) is 5.69 Å². The Bertz CT molecular complexity index is 702. The molecule has 25 heavy (non-hydrogen) atoms. The van der Waals surface area contributed by atoms with Crippen molar-refractivity contribution in [2.45, 2.75) is 38.8 Å². The number of carbonyl (C=O) groups excluding carboxylic acids is 1. The van der Waals surface area contributed by atoms with Gasteiger partial charge in [0.25, 0.3) is 0 Å². The van der Waals surface area contributed by atoms with Crippen molar-refractivity contribution in [3.8, 4) is 5.69 Å². The normalized spacial score (nSPS) is 21.3. The lowest BCUT2D eigenvalue weighted by atomic mass is 10.1. The van der Waals surface area contributed by atoms with Crippen LogP contribution >= 0.6 is 0 Å². The molecule has 1 aromatic heterocycles. The molecule has 3 N–H and O–H groups in total. The summed E-state index contributed by atoms with van der Waals surface area (Å²) in [7, 11) is 0. The molecule has 1 aromatic carbocycles. The van der Waals surface area contributed by atoms with E-state index < -0.39 is 0 Å². The number of aromatic nitrogens is 4. The van der Waals surface area contributed by atoms with Crippen LogP contribution in [-0.2, 0) is 4.79 Å². The van der Waals surface area contributed by atoms with Crippen molar-refractivity contribution in [1.82, 2.24) is 25.1 Å². The van der Waals surface area contributed by atoms with Crippen molar-refractivity contribution >= 4 is 11.9 Å². The topological polar surface area (TPSA) is 102 Å². The quantitative estimate of drug-likeness (QED) is 0.813. The van der Waals surface area contributed by atoms with Crippen molar-refractivity contribution < 1.29 is 4.79 Å². The summed E-state index contributed by atoms with van der Waals surface area (Å²) in [5, 5.41) is 15.0. The Labute approximate surface area is 147 Å². The number of carbonyl (C=O) groups is 1. The zero-order chi connectivity index (χ0) is 17.8. The molecule has 2 aromatic rings. The van der Waals surface area contributed by atoms with E-state index in [2.05, 4.69) is 27.8 Å². The SMILES string of the molecule is CCC(Nc1nnnn1-c1ccccc1)C(=O)N1CC(CN)CC1C. The van der Waals surface area contributed by atoms with Crippen LogP contribution in [0, 0.1) is 5.92 Å². The first-order chi connectivity index (χ1) is 12.1. The van der Waals surface area contributed by atoms with E-state index in [1.807, 2.05) is 42.2 Å². The number of hydrogen-bond donors (Lipinski definition) is 2. The van der Waals surface area contributed by atoms with Crippen LogP contribution in [0.1, 0.15) is 26.7 Å². The van der Waals surface area contributed by atoms with Crippen LogP contribution in [0.4, 0.5) is 5.95 Å². The molecule has 1 saturated heterocycles. The van der Waals surface area contributed by atoms with Gasteiger partial charge in [0.1, 0.15) is 6.04 Å². The number of nitrogens with one attached hydrogen (secondary N) is 1. The van der Waals surface area contributed by atoms with E-state index in [0.717, 1.165) is 18.7 Å². The minimum absolute atomic E-state index is 0.0774. The number of nitrogens with two attached hydrogens (primary N) is 1. The molecule has 1 fully saturated rings. The first kappa shape index (κ1) is 17.3. The molecule has 0 aliphatic carbocycles. The molecule has 0 bridgehead atoms. The van der Waals surface area contributed by atoms with Crippen LogP contribution in [0.5, 0.6) is 0 Å². The Morgan fingerprint density at radius 1 is 1.40 bits per heavy atom. The number of anilines is 1. The van der Waals surface area contributed by atoms with Crippen LogP contribution < -0.4 is 11.1 Å². The lowest BCUT2D eigenvalue weighted by Crippen LogP contribution is -2.45. The molecule has 8 heteroatoms. The number of rotatable bonds is 6. The molecule has 3 atom stereocenters. The highest BCUT2D eigenvalue weighted by Crippen LogP contribution is 2.24. The Morgan fingerprint density at radius 2 is 2.16 bits per heavy atom. The highest BCUT2D eigenvalue weighted by molar-refractivity contribution is 5.84. The molecule has 1 amide bonds. The molecule has 0 radical (unpaired) electrons. The molecule has 1 aliphatic heterocycles. The fourth-order valence-corrected chi connectivity index (χ4v) is 3.33. The summed E-state index contributed by atoms with van der Waals surface area (Å²) in [6.45, 7) is 5.39. The highest BCUT2D eigenvalue weighted by atomic mass is 16.2. The average Bonchev–Trinajstić information content (AvgIpc) is 3.26. The van der Waals surface area contributed by atoms with Crippen LogP contribution in [0.3, 0.4) is 0 Å².